The van der Waals surface area contributed by atoms with Crippen molar-refractivity contribution in [2.24, 2.45) is 0 Å². The molecule has 10 aromatic carbocycles. The third kappa shape index (κ3) is 8.86. The molecule has 0 aliphatic heterocycles. The van der Waals surface area contributed by atoms with Crippen LogP contribution in [0.25, 0.3) is 61.1 Å². The molecule has 1 heterocycles. The van der Waals surface area contributed by atoms with Gasteiger partial charge < -0.3 is 9.47 Å². The first-order valence-corrected chi connectivity index (χ1v) is 23.3. The van der Waals surface area contributed by atoms with Crippen molar-refractivity contribution in [2.75, 3.05) is 4.90 Å². The summed E-state index contributed by atoms with van der Waals surface area (Å²) in [5.41, 5.74) is 19.6. The lowest BCUT2D eigenvalue weighted by molar-refractivity contribution is 0.715. The van der Waals surface area contributed by atoms with E-state index in [0.717, 1.165) is 29.9 Å². The van der Waals surface area contributed by atoms with Gasteiger partial charge in [0.1, 0.15) is 0 Å². The Morgan fingerprint density at radius 1 is 0.328 bits per heavy atom. The summed E-state index contributed by atoms with van der Waals surface area (Å²) in [6.07, 6.45) is 4.19. The van der Waals surface area contributed by atoms with Gasteiger partial charge in [-0.1, -0.05) is 206 Å². The first-order chi connectivity index (χ1) is 33.2. The molecule has 0 radical (unpaired) electrons. The van der Waals surface area contributed by atoms with Crippen LogP contribution in [0.15, 0.2) is 273 Å². The van der Waals surface area contributed by atoms with E-state index in [4.69, 9.17) is 0 Å². The van der Waals surface area contributed by atoms with Gasteiger partial charge in [0.2, 0.25) is 0 Å². The molecule has 0 saturated carbocycles. The molecule has 320 valence electrons. The smallest absolute Gasteiger partial charge is 0.0534 e. The van der Waals surface area contributed by atoms with Crippen LogP contribution < -0.4 is 4.90 Å². The standard InChI is InChI=1S/C65H50N2/c1-5-14-49(15-6-1)53-37-41-60(42-38-53)67(59-20-11-4-12-21-59)61-43-39-54(40-44-61)52-31-29-51(30-32-52)50-27-24-48(25-28-50)26-45-62(55-16-7-2-8-17-55)56-33-35-57(36-34-56)63-22-13-23-65-64(63)46-47-66(65)58-18-9-3-10-19-58/h1-25,27-44,46-47,62H,26,45H2. The number of fused-ring (bicyclic) bond motifs is 1. The van der Waals surface area contributed by atoms with Crippen LogP contribution in [0.4, 0.5) is 17.1 Å². The summed E-state index contributed by atoms with van der Waals surface area (Å²) in [6, 6.07) is 96.8. The first kappa shape index (κ1) is 41.3. The van der Waals surface area contributed by atoms with Crippen molar-refractivity contribution in [3.63, 3.8) is 0 Å². The monoisotopic (exact) mass is 858 g/mol. The van der Waals surface area contributed by atoms with E-state index in [0.29, 0.717) is 5.92 Å². The van der Waals surface area contributed by atoms with Crippen molar-refractivity contribution in [2.45, 2.75) is 18.8 Å². The molecule has 2 nitrogen and oxygen atoms in total. The number of rotatable bonds is 13. The van der Waals surface area contributed by atoms with E-state index in [1.807, 2.05) is 0 Å². The topological polar surface area (TPSA) is 8.17 Å². The summed E-state index contributed by atoms with van der Waals surface area (Å²) < 4.78 is 2.27. The van der Waals surface area contributed by atoms with Crippen LogP contribution in [0.5, 0.6) is 0 Å². The number of aryl methyl sites for hydroxylation is 1. The minimum Gasteiger partial charge on any atom is -0.317 e. The second kappa shape index (κ2) is 18.9. The molecule has 11 rings (SSSR count). The van der Waals surface area contributed by atoms with Gasteiger partial charge in [-0.3, -0.25) is 0 Å². The van der Waals surface area contributed by atoms with Crippen LogP contribution >= 0.6 is 0 Å². The summed E-state index contributed by atoms with van der Waals surface area (Å²) in [7, 11) is 0. The van der Waals surface area contributed by atoms with E-state index in [1.54, 1.807) is 0 Å². The SMILES string of the molecule is c1ccc(-c2ccc(N(c3ccccc3)c3ccc(-c4ccc(-c5ccc(CCC(c6ccccc6)c6ccc(-c7cccc8c7ccn8-c7ccccc7)cc6)cc5)cc4)cc3)cc2)cc1. The second-order valence-corrected chi connectivity index (χ2v) is 17.3. The number of hydrogen-bond acceptors (Lipinski definition) is 1. The molecule has 0 spiro atoms. The average molecular weight is 859 g/mol. The molecule has 0 aliphatic rings. The quantitative estimate of drug-likeness (QED) is 0.112. The second-order valence-electron chi connectivity index (χ2n) is 17.3. The number of aromatic nitrogens is 1. The molecule has 1 atom stereocenters. The van der Waals surface area contributed by atoms with Gasteiger partial charge in [0.15, 0.2) is 0 Å². The molecule has 0 saturated heterocycles. The van der Waals surface area contributed by atoms with Gasteiger partial charge in [-0.05, 0) is 135 Å². The molecule has 67 heavy (non-hydrogen) atoms. The highest BCUT2D eigenvalue weighted by molar-refractivity contribution is 5.96. The zero-order valence-corrected chi connectivity index (χ0v) is 37.4. The molecule has 11 aromatic rings. The molecule has 0 aliphatic carbocycles. The van der Waals surface area contributed by atoms with Crippen LogP contribution in [0.3, 0.4) is 0 Å². The minimum atomic E-state index is 0.291. The van der Waals surface area contributed by atoms with Crippen molar-refractivity contribution in [3.8, 4) is 50.2 Å². The summed E-state index contributed by atoms with van der Waals surface area (Å²) in [4.78, 5) is 2.32. The zero-order valence-electron chi connectivity index (χ0n) is 37.4. The predicted octanol–water partition coefficient (Wildman–Crippen LogP) is 17.5. The Kier molecular flexibility index (Phi) is 11.7. The maximum Gasteiger partial charge on any atom is 0.0534 e. The highest BCUT2D eigenvalue weighted by Gasteiger charge is 2.17. The fourth-order valence-electron chi connectivity index (χ4n) is 9.63. The van der Waals surface area contributed by atoms with Crippen molar-refractivity contribution >= 4 is 28.0 Å². The number of para-hydroxylation sites is 2. The van der Waals surface area contributed by atoms with Crippen LogP contribution in [0.1, 0.15) is 29.0 Å². The van der Waals surface area contributed by atoms with Crippen molar-refractivity contribution in [1.29, 1.82) is 0 Å². The van der Waals surface area contributed by atoms with Crippen LogP contribution in [-0.2, 0) is 6.42 Å². The van der Waals surface area contributed by atoms with E-state index in [9.17, 15) is 0 Å². The Balaban J connectivity index is 0.772. The van der Waals surface area contributed by atoms with Gasteiger partial charge in [-0.25, -0.2) is 0 Å². The van der Waals surface area contributed by atoms with E-state index >= 15 is 0 Å². The summed E-state index contributed by atoms with van der Waals surface area (Å²) in [5, 5.41) is 1.26. The van der Waals surface area contributed by atoms with Gasteiger partial charge in [-0.15, -0.1) is 0 Å². The number of hydrogen-bond donors (Lipinski definition) is 0. The summed E-state index contributed by atoms with van der Waals surface area (Å²) in [6.45, 7) is 0. The number of anilines is 3. The lowest BCUT2D eigenvalue weighted by Crippen LogP contribution is -2.09. The molecule has 0 fully saturated rings. The van der Waals surface area contributed by atoms with Gasteiger partial charge in [0.05, 0.1) is 5.52 Å². The maximum atomic E-state index is 2.34. The van der Waals surface area contributed by atoms with E-state index in [-0.39, 0.29) is 0 Å². The minimum absolute atomic E-state index is 0.291. The Bertz CT molecular complexity index is 3320. The lowest BCUT2D eigenvalue weighted by atomic mass is 9.85. The lowest BCUT2D eigenvalue weighted by Gasteiger charge is -2.26. The molecule has 0 amide bonds. The first-order valence-electron chi connectivity index (χ1n) is 23.3. The normalized spacial score (nSPS) is 11.6. The summed E-state index contributed by atoms with van der Waals surface area (Å²) in [5.74, 6) is 0.291. The predicted molar refractivity (Wildman–Crippen MR) is 283 cm³/mol. The van der Waals surface area contributed by atoms with E-state index in [2.05, 4.69) is 283 Å². The number of nitrogens with zero attached hydrogens (tertiary/aromatic N) is 2. The Morgan fingerprint density at radius 2 is 0.761 bits per heavy atom. The van der Waals surface area contributed by atoms with Gasteiger partial charge >= 0.3 is 0 Å². The van der Waals surface area contributed by atoms with Crippen molar-refractivity contribution in [3.05, 3.63) is 290 Å². The molecule has 0 N–H and O–H groups in total. The zero-order chi connectivity index (χ0) is 44.8. The van der Waals surface area contributed by atoms with Crippen LogP contribution in [0, 0.1) is 0 Å². The van der Waals surface area contributed by atoms with Gasteiger partial charge in [0.25, 0.3) is 0 Å². The fourth-order valence-corrected chi connectivity index (χ4v) is 9.63. The van der Waals surface area contributed by atoms with Crippen molar-refractivity contribution < 1.29 is 0 Å². The van der Waals surface area contributed by atoms with Gasteiger partial charge in [-0.2, -0.15) is 0 Å². The Hall–Kier alpha value is -8.46. The third-order valence-electron chi connectivity index (χ3n) is 13.2. The van der Waals surface area contributed by atoms with Gasteiger partial charge in [0, 0.05) is 40.3 Å². The largest absolute Gasteiger partial charge is 0.317 e. The highest BCUT2D eigenvalue weighted by Crippen LogP contribution is 2.38. The molecular weight excluding hydrogens is 809 g/mol. The fraction of sp³-hybridized carbons (Fsp3) is 0.0462. The maximum absolute atomic E-state index is 2.34. The Labute approximate surface area is 394 Å². The molecule has 0 bridgehead atoms. The highest BCUT2D eigenvalue weighted by atomic mass is 15.1. The third-order valence-corrected chi connectivity index (χ3v) is 13.2. The molecular formula is C65H50N2. The Morgan fingerprint density at radius 3 is 1.33 bits per heavy atom. The molecule has 1 aromatic heterocycles. The average Bonchev–Trinajstić information content (AvgIpc) is 3.86. The molecule has 1 unspecified atom stereocenters. The van der Waals surface area contributed by atoms with E-state index in [1.165, 1.54) is 77.8 Å². The number of benzene rings is 10. The van der Waals surface area contributed by atoms with Crippen molar-refractivity contribution in [1.82, 2.24) is 4.57 Å². The van der Waals surface area contributed by atoms with Crippen LogP contribution in [-0.4, -0.2) is 4.57 Å². The molecule has 2 heteroatoms. The van der Waals surface area contributed by atoms with E-state index < -0.39 is 0 Å². The van der Waals surface area contributed by atoms with Crippen LogP contribution in [0.2, 0.25) is 0 Å². The summed E-state index contributed by atoms with van der Waals surface area (Å²) >= 11 is 0.